The zero-order chi connectivity index (χ0) is 24.5. The number of benzene rings is 3. The van der Waals surface area contributed by atoms with E-state index in [9.17, 15) is 0 Å². The van der Waals surface area contributed by atoms with Crippen LogP contribution in [0.1, 0.15) is 54.4 Å². The second-order valence-electron chi connectivity index (χ2n) is 11.0. The number of hydrogen-bond donors (Lipinski definition) is 0. The molecule has 35 heavy (non-hydrogen) atoms. The number of allylic oxidation sites excluding steroid dienone is 2. The van der Waals surface area contributed by atoms with Crippen LogP contribution in [-0.2, 0) is 29.8 Å². The molecule has 0 aliphatic heterocycles. The third kappa shape index (κ3) is 4.81. The number of fused-ring (bicyclic) bond motifs is 2. The van der Waals surface area contributed by atoms with Gasteiger partial charge >= 0.3 is 221 Å². The third-order valence-electron chi connectivity index (χ3n) is 8.39. The van der Waals surface area contributed by atoms with Gasteiger partial charge in [0.2, 0.25) is 0 Å². The van der Waals surface area contributed by atoms with Gasteiger partial charge < -0.3 is 0 Å². The molecule has 3 aromatic rings. The van der Waals surface area contributed by atoms with Gasteiger partial charge in [-0.15, -0.1) is 0 Å². The molecule has 5 rings (SSSR count). The SMILES string of the molecule is CC1C2=C(CCC[CH]2[Sc]([CH2]c2ccccc2N(C)C)[CH2]c2ccccc2N(C)C)c2ccccc21. The van der Waals surface area contributed by atoms with Crippen molar-refractivity contribution in [3.8, 4) is 0 Å². The second-order valence-corrected chi connectivity index (χ2v) is 15.9. The Morgan fingerprint density at radius 2 is 1.29 bits per heavy atom. The van der Waals surface area contributed by atoms with Gasteiger partial charge in [0.25, 0.3) is 0 Å². The first-order valence-electron chi connectivity index (χ1n) is 13.3. The normalized spacial score (nSPS) is 18.8. The predicted molar refractivity (Wildman–Crippen MR) is 148 cm³/mol. The van der Waals surface area contributed by atoms with Crippen LogP contribution in [0.2, 0.25) is 3.67 Å². The van der Waals surface area contributed by atoms with Gasteiger partial charge in [-0.2, -0.15) is 0 Å². The molecule has 0 amide bonds. The summed E-state index contributed by atoms with van der Waals surface area (Å²) >= 11 is -1.90. The van der Waals surface area contributed by atoms with Gasteiger partial charge in [0.05, 0.1) is 0 Å². The minimum atomic E-state index is -1.90. The molecule has 2 aliphatic carbocycles. The molecule has 0 saturated carbocycles. The van der Waals surface area contributed by atoms with Gasteiger partial charge in [0.1, 0.15) is 0 Å². The number of hydrogen-bond acceptors (Lipinski definition) is 2. The van der Waals surface area contributed by atoms with E-state index in [1.807, 2.05) is 5.57 Å². The van der Waals surface area contributed by atoms with E-state index in [0.29, 0.717) is 5.92 Å². The van der Waals surface area contributed by atoms with E-state index >= 15 is 0 Å². The van der Waals surface area contributed by atoms with Crippen LogP contribution in [-0.4, -0.2) is 28.2 Å². The average molecular weight is 497 g/mol. The molecular formula is C32H39N2Sc. The van der Waals surface area contributed by atoms with Gasteiger partial charge in [-0.3, -0.25) is 0 Å². The Hall–Kier alpha value is -2.13. The van der Waals surface area contributed by atoms with E-state index in [0.717, 1.165) is 3.67 Å². The molecule has 180 valence electrons. The molecule has 0 fully saturated rings. The first kappa shape index (κ1) is 24.6. The first-order chi connectivity index (χ1) is 17.0. The quantitative estimate of drug-likeness (QED) is 0.331. The Balaban J connectivity index is 1.58. The maximum atomic E-state index is 2.49. The van der Waals surface area contributed by atoms with E-state index < -0.39 is 21.4 Å². The van der Waals surface area contributed by atoms with Gasteiger partial charge in [-0.25, -0.2) is 0 Å². The molecular weight excluding hydrogens is 457 g/mol. The van der Waals surface area contributed by atoms with Crippen LogP contribution in [0.25, 0.3) is 5.57 Å². The van der Waals surface area contributed by atoms with E-state index in [1.165, 1.54) is 39.0 Å². The number of para-hydroxylation sites is 2. The van der Waals surface area contributed by atoms with Crippen molar-refractivity contribution >= 4 is 16.9 Å². The number of rotatable bonds is 7. The Labute approximate surface area is 220 Å². The zero-order valence-corrected chi connectivity index (χ0v) is 23.9. The van der Waals surface area contributed by atoms with Crippen LogP contribution >= 0.6 is 0 Å². The van der Waals surface area contributed by atoms with Crippen molar-refractivity contribution < 1.29 is 21.4 Å². The summed E-state index contributed by atoms with van der Waals surface area (Å²) in [6.07, 6.45) is 4.00. The van der Waals surface area contributed by atoms with Gasteiger partial charge in [0, 0.05) is 0 Å². The van der Waals surface area contributed by atoms with Crippen molar-refractivity contribution in [3.05, 3.63) is 101 Å². The zero-order valence-electron chi connectivity index (χ0n) is 22.1. The van der Waals surface area contributed by atoms with Crippen LogP contribution in [0.4, 0.5) is 11.4 Å². The Morgan fingerprint density at radius 1 is 0.743 bits per heavy atom. The second kappa shape index (κ2) is 10.5. The van der Waals surface area contributed by atoms with Crippen LogP contribution in [0.3, 0.4) is 0 Å². The van der Waals surface area contributed by atoms with E-state index in [-0.39, 0.29) is 0 Å². The van der Waals surface area contributed by atoms with Gasteiger partial charge in [0.15, 0.2) is 0 Å². The minimum absolute atomic E-state index is 0.577. The summed E-state index contributed by atoms with van der Waals surface area (Å²) in [5, 5.41) is 0. The molecule has 2 aliphatic rings. The summed E-state index contributed by atoms with van der Waals surface area (Å²) in [4.78, 5) is 4.62. The van der Waals surface area contributed by atoms with E-state index in [1.54, 1.807) is 27.8 Å². The average Bonchev–Trinajstić information content (AvgIpc) is 3.16. The summed E-state index contributed by atoms with van der Waals surface area (Å²) in [5.74, 6) is 0.577. The maximum absolute atomic E-state index is 2.49. The molecule has 2 unspecified atom stereocenters. The third-order valence-corrected chi connectivity index (χ3v) is 14.3. The monoisotopic (exact) mass is 496 g/mol. The van der Waals surface area contributed by atoms with Gasteiger partial charge in [-0.05, 0) is 0 Å². The summed E-state index contributed by atoms with van der Waals surface area (Å²) < 4.78 is 3.40. The Kier molecular flexibility index (Phi) is 7.34. The van der Waals surface area contributed by atoms with Crippen LogP contribution in [0, 0.1) is 0 Å². The summed E-state index contributed by atoms with van der Waals surface area (Å²) in [6.45, 7) is 2.49. The molecule has 3 heteroatoms. The Morgan fingerprint density at radius 3 is 1.89 bits per heavy atom. The fraction of sp³-hybridized carbons (Fsp3) is 0.375. The van der Waals surface area contributed by atoms with Gasteiger partial charge in [-0.1, -0.05) is 0 Å². The number of nitrogens with zero attached hydrogens (tertiary/aromatic N) is 2. The molecule has 2 atom stereocenters. The summed E-state index contributed by atoms with van der Waals surface area (Å²) in [6, 6.07) is 27.5. The van der Waals surface area contributed by atoms with Crippen molar-refractivity contribution in [3.63, 3.8) is 0 Å². The molecule has 0 heterocycles. The van der Waals surface area contributed by atoms with Crippen LogP contribution < -0.4 is 9.80 Å². The van der Waals surface area contributed by atoms with Crippen LogP contribution in [0.15, 0.2) is 78.4 Å². The van der Waals surface area contributed by atoms with Crippen LogP contribution in [0.5, 0.6) is 0 Å². The fourth-order valence-corrected chi connectivity index (χ4v) is 13.5. The predicted octanol–water partition coefficient (Wildman–Crippen LogP) is 7.68. The standard InChI is InChI=1S/C14H15.2C9H12N.Sc/c1-10-11-6-2-4-8-13(11)14-9-5-3-7-12(10)14;2*1-8-6-4-5-7-9(8)10(2)3;/h2,4,6-8,10H,3,5,9H2,1H3;2*4-7H,1H2,2-3H3;. The molecule has 0 N–H and O–H groups in total. The first-order valence-corrected chi connectivity index (χ1v) is 16.9. The topological polar surface area (TPSA) is 6.48 Å². The van der Waals surface area contributed by atoms with E-state index in [2.05, 4.69) is 118 Å². The summed E-state index contributed by atoms with van der Waals surface area (Å²) in [7, 11) is 8.77. The van der Waals surface area contributed by atoms with Crippen molar-refractivity contribution in [2.24, 2.45) is 0 Å². The molecule has 0 spiro atoms. The molecule has 3 aromatic carbocycles. The van der Waals surface area contributed by atoms with E-state index in [4.69, 9.17) is 0 Å². The Bertz CT molecular complexity index is 1170. The molecule has 2 nitrogen and oxygen atoms in total. The molecule has 0 aromatic heterocycles. The van der Waals surface area contributed by atoms with Crippen molar-refractivity contribution in [1.82, 2.24) is 0 Å². The van der Waals surface area contributed by atoms with Crippen molar-refractivity contribution in [2.75, 3.05) is 38.0 Å². The molecule has 0 bridgehead atoms. The molecule has 0 radical (unpaired) electrons. The fourth-order valence-electron chi connectivity index (χ4n) is 6.86. The van der Waals surface area contributed by atoms with Crippen molar-refractivity contribution in [2.45, 2.75) is 44.1 Å². The molecule has 0 saturated heterocycles. The van der Waals surface area contributed by atoms with Crippen molar-refractivity contribution in [1.29, 1.82) is 0 Å². The number of anilines is 2. The summed E-state index contributed by atoms with van der Waals surface area (Å²) in [5.41, 5.74) is 12.6.